The number of benzene rings is 3. The van der Waals surface area contributed by atoms with Gasteiger partial charge >= 0.3 is 4.87 Å². The number of aryl methyl sites for hydroxylation is 1. The number of fused-ring (bicyclic) bond motifs is 2. The first-order valence-corrected chi connectivity index (χ1v) is 15.2. The lowest BCUT2D eigenvalue weighted by Gasteiger charge is -2.30. The number of thiazole rings is 1. The number of aromatic nitrogens is 1. The highest BCUT2D eigenvalue weighted by Crippen LogP contribution is 2.54. The number of rotatable bonds is 5. The largest absolute Gasteiger partial charge is 0.324 e. The van der Waals surface area contributed by atoms with Crippen LogP contribution in [0.1, 0.15) is 21.9 Å². The quantitative estimate of drug-likeness (QED) is 0.264. The van der Waals surface area contributed by atoms with Crippen LogP contribution in [0, 0.1) is 12.8 Å². The first-order chi connectivity index (χ1) is 19.2. The first-order valence-electron chi connectivity index (χ1n) is 12.4. The minimum absolute atomic E-state index is 0.211. The monoisotopic (exact) mass is 653 g/mol. The van der Waals surface area contributed by atoms with Gasteiger partial charge in [-0.3, -0.25) is 23.7 Å². The van der Waals surface area contributed by atoms with Crippen LogP contribution in [-0.4, -0.2) is 27.5 Å². The Labute approximate surface area is 251 Å². The average Bonchev–Trinajstić information content (AvgIpc) is 3.36. The molecule has 0 saturated carbocycles. The minimum Gasteiger partial charge on any atom is -0.324 e. The van der Waals surface area contributed by atoms with Gasteiger partial charge in [0.25, 0.3) is 0 Å². The molecule has 11 heteroatoms. The number of imide groups is 1. The van der Waals surface area contributed by atoms with Crippen molar-refractivity contribution in [2.45, 2.75) is 29.7 Å². The number of thioether (sulfide) groups is 1. The van der Waals surface area contributed by atoms with E-state index in [9.17, 15) is 19.2 Å². The second kappa shape index (κ2) is 10.7. The second-order valence-corrected chi connectivity index (χ2v) is 13.0. The van der Waals surface area contributed by atoms with Crippen LogP contribution < -0.4 is 15.1 Å². The Balaban J connectivity index is 1.42. The van der Waals surface area contributed by atoms with Crippen molar-refractivity contribution in [1.82, 2.24) is 4.57 Å². The smallest absolute Gasteiger partial charge is 0.308 e. The zero-order valence-electron chi connectivity index (χ0n) is 21.0. The Morgan fingerprint density at radius 1 is 1.00 bits per heavy atom. The zero-order chi connectivity index (χ0) is 28.1. The summed E-state index contributed by atoms with van der Waals surface area (Å²) in [6.07, 6.45) is 0. The molecule has 2 aliphatic rings. The Bertz CT molecular complexity index is 1740. The van der Waals surface area contributed by atoms with Crippen molar-refractivity contribution in [1.29, 1.82) is 0 Å². The number of hydrogen-bond acceptors (Lipinski definition) is 6. The number of carbonyl (C=O) groups is 3. The van der Waals surface area contributed by atoms with Gasteiger partial charge in [-0.2, -0.15) is 0 Å². The summed E-state index contributed by atoms with van der Waals surface area (Å²) in [6.45, 7) is 1.68. The predicted molar refractivity (Wildman–Crippen MR) is 161 cm³/mol. The lowest BCUT2D eigenvalue weighted by Crippen LogP contribution is -2.33. The fourth-order valence-corrected chi connectivity index (χ4v) is 8.52. The summed E-state index contributed by atoms with van der Waals surface area (Å²) in [4.78, 5) is 55.6. The number of nitrogens with one attached hydrogen (secondary N) is 1. The van der Waals surface area contributed by atoms with E-state index in [0.29, 0.717) is 26.3 Å². The molecule has 2 aliphatic heterocycles. The number of hydrogen-bond donors (Lipinski definition) is 1. The average molecular weight is 655 g/mol. The SMILES string of the molecule is Cc1ccccc1NC(=O)Cn1c2c(sc1=O)C(c1cccc(Br)c1)C1C(=O)N(c3ccc(Cl)cc3)C(=O)C1S2. The van der Waals surface area contributed by atoms with Crippen molar-refractivity contribution < 1.29 is 14.4 Å². The molecule has 3 amide bonds. The molecule has 4 aromatic rings. The van der Waals surface area contributed by atoms with E-state index in [1.54, 1.807) is 30.3 Å². The number of anilines is 2. The van der Waals surface area contributed by atoms with E-state index in [0.717, 1.165) is 26.9 Å². The highest BCUT2D eigenvalue weighted by molar-refractivity contribution is 9.10. The molecule has 40 heavy (non-hydrogen) atoms. The van der Waals surface area contributed by atoms with E-state index >= 15 is 0 Å². The first kappa shape index (κ1) is 27.0. The summed E-state index contributed by atoms with van der Waals surface area (Å²) in [5.74, 6) is -2.30. The van der Waals surface area contributed by atoms with Crippen LogP contribution in [0.15, 0.2) is 87.1 Å². The summed E-state index contributed by atoms with van der Waals surface area (Å²) < 4.78 is 2.24. The molecule has 3 aromatic carbocycles. The maximum absolute atomic E-state index is 13.9. The predicted octanol–water partition coefficient (Wildman–Crippen LogP) is 6.07. The summed E-state index contributed by atoms with van der Waals surface area (Å²) in [7, 11) is 0. The molecule has 0 bridgehead atoms. The number of para-hydroxylation sites is 1. The molecule has 7 nitrogen and oxygen atoms in total. The van der Waals surface area contributed by atoms with Gasteiger partial charge in [0.05, 0.1) is 16.6 Å². The normalized spacial score (nSPS) is 19.9. The van der Waals surface area contributed by atoms with Crippen LogP contribution >= 0.6 is 50.6 Å². The third-order valence-electron chi connectivity index (χ3n) is 7.06. The molecule has 6 rings (SSSR count). The third-order valence-corrected chi connectivity index (χ3v) is 10.4. The minimum atomic E-state index is -0.765. The van der Waals surface area contributed by atoms with Gasteiger partial charge in [0.2, 0.25) is 17.7 Å². The maximum atomic E-state index is 13.9. The highest BCUT2D eigenvalue weighted by Gasteiger charge is 2.56. The van der Waals surface area contributed by atoms with Gasteiger partial charge in [-0.05, 0) is 60.5 Å². The van der Waals surface area contributed by atoms with E-state index in [2.05, 4.69) is 21.2 Å². The van der Waals surface area contributed by atoms with Gasteiger partial charge in [0.15, 0.2) is 0 Å². The van der Waals surface area contributed by atoms with E-state index < -0.39 is 17.1 Å². The number of amides is 3. The molecule has 1 aromatic heterocycles. The summed E-state index contributed by atoms with van der Waals surface area (Å²) in [5.41, 5.74) is 2.82. The standard InChI is InChI=1S/C29H21BrClN3O4S2/c1-15-5-2-3-8-20(15)32-21(35)14-33-28-25(40-29(33)38)22(16-6-4-7-17(30)13-16)23-24(39-28)27(37)34(26(23)36)19-11-9-18(31)10-12-19/h2-13,22-24H,14H2,1H3,(H,32,35). The van der Waals surface area contributed by atoms with E-state index in [1.807, 2.05) is 49.4 Å². The molecule has 0 radical (unpaired) electrons. The highest BCUT2D eigenvalue weighted by atomic mass is 79.9. The Morgan fingerprint density at radius 2 is 1.75 bits per heavy atom. The lowest BCUT2D eigenvalue weighted by molar-refractivity contribution is -0.122. The van der Waals surface area contributed by atoms with E-state index in [-0.39, 0.29) is 29.1 Å². The molecule has 3 heterocycles. The molecule has 1 N–H and O–H groups in total. The number of halogens is 2. The van der Waals surface area contributed by atoms with Crippen LogP contribution in [0.25, 0.3) is 0 Å². The number of nitrogens with zero attached hydrogens (tertiary/aromatic N) is 2. The molecule has 3 unspecified atom stereocenters. The van der Waals surface area contributed by atoms with Crippen LogP contribution in [0.5, 0.6) is 0 Å². The zero-order valence-corrected chi connectivity index (χ0v) is 24.9. The molecule has 1 saturated heterocycles. The third kappa shape index (κ3) is 4.72. The van der Waals surface area contributed by atoms with Crippen molar-refractivity contribution in [2.75, 3.05) is 10.2 Å². The molecule has 3 atom stereocenters. The van der Waals surface area contributed by atoms with Gasteiger partial charge in [-0.25, -0.2) is 4.90 Å². The van der Waals surface area contributed by atoms with Crippen LogP contribution in [-0.2, 0) is 20.9 Å². The van der Waals surface area contributed by atoms with Gasteiger partial charge < -0.3 is 5.32 Å². The van der Waals surface area contributed by atoms with Crippen molar-refractivity contribution in [3.8, 4) is 0 Å². The molecular formula is C29H21BrClN3O4S2. The number of carbonyl (C=O) groups excluding carboxylic acids is 3. The summed E-state index contributed by atoms with van der Waals surface area (Å²) in [5, 5.41) is 3.15. The van der Waals surface area contributed by atoms with Crippen molar-refractivity contribution in [3.05, 3.63) is 108 Å². The van der Waals surface area contributed by atoms with Crippen LogP contribution in [0.2, 0.25) is 5.02 Å². The molecule has 0 aliphatic carbocycles. The molecule has 0 spiro atoms. The van der Waals surface area contributed by atoms with Gasteiger partial charge in [0.1, 0.15) is 11.8 Å². The summed E-state index contributed by atoms with van der Waals surface area (Å²) in [6, 6.07) is 21.5. The van der Waals surface area contributed by atoms with Crippen molar-refractivity contribution in [2.24, 2.45) is 5.92 Å². The Kier molecular flexibility index (Phi) is 7.20. The fourth-order valence-electron chi connectivity index (χ4n) is 5.21. The van der Waals surface area contributed by atoms with Crippen LogP contribution in [0.4, 0.5) is 11.4 Å². The topological polar surface area (TPSA) is 88.5 Å². The van der Waals surface area contributed by atoms with E-state index in [4.69, 9.17) is 11.6 Å². The molecule has 202 valence electrons. The molecule has 1 fully saturated rings. The van der Waals surface area contributed by atoms with Gasteiger partial charge in [-0.1, -0.05) is 81.0 Å². The maximum Gasteiger partial charge on any atom is 0.308 e. The molecular weight excluding hydrogens is 634 g/mol. The van der Waals surface area contributed by atoms with Crippen molar-refractivity contribution in [3.63, 3.8) is 0 Å². The second-order valence-electron chi connectivity index (χ2n) is 9.57. The lowest BCUT2D eigenvalue weighted by atomic mass is 9.83. The van der Waals surface area contributed by atoms with Crippen LogP contribution in [0.3, 0.4) is 0 Å². The summed E-state index contributed by atoms with van der Waals surface area (Å²) >= 11 is 11.8. The van der Waals surface area contributed by atoms with Gasteiger partial charge in [-0.15, -0.1) is 0 Å². The fraction of sp³-hybridized carbons (Fsp3) is 0.172. The van der Waals surface area contributed by atoms with E-state index in [1.165, 1.54) is 21.2 Å². The Hall–Kier alpha value is -3.18. The van der Waals surface area contributed by atoms with Gasteiger partial charge in [0, 0.05) is 26.0 Å². The Morgan fingerprint density at radius 3 is 2.48 bits per heavy atom. The van der Waals surface area contributed by atoms with Crippen molar-refractivity contribution >= 4 is 79.7 Å².